The van der Waals surface area contributed by atoms with Gasteiger partial charge >= 0.3 is 0 Å². The lowest BCUT2D eigenvalue weighted by atomic mass is 10.3. The van der Waals surface area contributed by atoms with Crippen LogP contribution in [-0.4, -0.2) is 29.9 Å². The molecule has 0 atom stereocenters. The highest BCUT2D eigenvalue weighted by Crippen LogP contribution is 1.93. The minimum Gasteiger partial charge on any atom is -0.318 e. The van der Waals surface area contributed by atoms with Crippen molar-refractivity contribution >= 4 is 0 Å². The Labute approximate surface area is 73.0 Å². The van der Waals surface area contributed by atoms with Gasteiger partial charge in [-0.1, -0.05) is 0 Å². The average molecular weight is 168 g/mol. The number of likely N-dealkylation sites (N-methyl/N-ethyl adjacent to an activating group) is 1. The third-order valence-corrected chi connectivity index (χ3v) is 1.64. The molecule has 0 aliphatic carbocycles. The Morgan fingerprint density at radius 2 is 2.33 bits per heavy atom. The molecule has 68 valence electrons. The van der Waals surface area contributed by atoms with Gasteiger partial charge in [-0.15, -0.1) is 0 Å². The minimum atomic E-state index is 0.898. The Balaban J connectivity index is 2.15. The summed E-state index contributed by atoms with van der Waals surface area (Å²) in [5.74, 6) is 0. The van der Waals surface area contributed by atoms with E-state index in [9.17, 15) is 0 Å². The highest BCUT2D eigenvalue weighted by Gasteiger charge is 1.93. The molecule has 0 amide bonds. The second-order valence-corrected chi connectivity index (χ2v) is 2.80. The van der Waals surface area contributed by atoms with Gasteiger partial charge in [0, 0.05) is 38.4 Å². The van der Waals surface area contributed by atoms with Crippen LogP contribution >= 0.6 is 0 Å². The number of nitrogens with zero attached hydrogens (tertiary/aromatic N) is 2. The average Bonchev–Trinajstić information content (AvgIpc) is 2.45. The van der Waals surface area contributed by atoms with Gasteiger partial charge in [0.15, 0.2) is 0 Å². The van der Waals surface area contributed by atoms with Gasteiger partial charge < -0.3 is 10.6 Å². The molecule has 0 aliphatic rings. The van der Waals surface area contributed by atoms with E-state index < -0.39 is 0 Å². The largest absolute Gasteiger partial charge is 0.318 e. The summed E-state index contributed by atoms with van der Waals surface area (Å²) in [7, 11) is 3.88. The first-order valence-corrected chi connectivity index (χ1v) is 4.16. The summed E-state index contributed by atoms with van der Waals surface area (Å²) in [6.07, 6.45) is 3.90. The number of hydrogen-bond acceptors (Lipinski definition) is 3. The molecule has 0 aliphatic heterocycles. The molecule has 0 radical (unpaired) electrons. The van der Waals surface area contributed by atoms with E-state index in [-0.39, 0.29) is 0 Å². The van der Waals surface area contributed by atoms with E-state index in [0.717, 1.165) is 19.6 Å². The van der Waals surface area contributed by atoms with Gasteiger partial charge in [0.25, 0.3) is 0 Å². The van der Waals surface area contributed by atoms with E-state index in [2.05, 4.69) is 15.7 Å². The lowest BCUT2D eigenvalue weighted by Crippen LogP contribution is -2.24. The van der Waals surface area contributed by atoms with Crippen LogP contribution in [0.5, 0.6) is 0 Å². The molecule has 1 rings (SSSR count). The fourth-order valence-electron chi connectivity index (χ4n) is 1.01. The highest BCUT2D eigenvalue weighted by molar-refractivity contribution is 5.02. The van der Waals surface area contributed by atoms with Crippen LogP contribution in [0.3, 0.4) is 0 Å². The lowest BCUT2D eigenvalue weighted by Gasteiger charge is -2.00. The summed E-state index contributed by atoms with van der Waals surface area (Å²) in [6.45, 7) is 2.89. The zero-order valence-electron chi connectivity index (χ0n) is 7.67. The van der Waals surface area contributed by atoms with E-state index in [4.69, 9.17) is 0 Å². The van der Waals surface area contributed by atoms with E-state index in [1.807, 2.05) is 31.2 Å². The van der Waals surface area contributed by atoms with Crippen LogP contribution in [0, 0.1) is 0 Å². The molecule has 4 nitrogen and oxygen atoms in total. The summed E-state index contributed by atoms with van der Waals surface area (Å²) < 4.78 is 1.81. The zero-order chi connectivity index (χ0) is 8.81. The van der Waals surface area contributed by atoms with Crippen LogP contribution in [0.1, 0.15) is 5.56 Å². The van der Waals surface area contributed by atoms with Gasteiger partial charge in [-0.05, 0) is 7.05 Å². The van der Waals surface area contributed by atoms with Crippen molar-refractivity contribution in [3.05, 3.63) is 18.0 Å². The normalized spacial score (nSPS) is 10.5. The summed E-state index contributed by atoms with van der Waals surface area (Å²) in [5.41, 5.74) is 1.23. The monoisotopic (exact) mass is 168 g/mol. The maximum Gasteiger partial charge on any atom is 0.0534 e. The molecule has 0 saturated carbocycles. The summed E-state index contributed by atoms with van der Waals surface area (Å²) in [6, 6.07) is 0. The first-order valence-electron chi connectivity index (χ1n) is 4.16. The van der Waals surface area contributed by atoms with Gasteiger partial charge in [-0.2, -0.15) is 5.10 Å². The SMILES string of the molecule is CNCCNCc1cnn(C)c1. The molecule has 4 heteroatoms. The molecule has 0 spiro atoms. The lowest BCUT2D eigenvalue weighted by molar-refractivity contribution is 0.650. The van der Waals surface area contributed by atoms with Crippen LogP contribution in [0.2, 0.25) is 0 Å². The van der Waals surface area contributed by atoms with Crippen molar-refractivity contribution in [3.63, 3.8) is 0 Å². The summed E-state index contributed by atoms with van der Waals surface area (Å²) in [4.78, 5) is 0. The fraction of sp³-hybridized carbons (Fsp3) is 0.625. The van der Waals surface area contributed by atoms with Crippen molar-refractivity contribution in [3.8, 4) is 0 Å². The Hall–Kier alpha value is -0.870. The molecule has 12 heavy (non-hydrogen) atoms. The van der Waals surface area contributed by atoms with Crippen molar-refractivity contribution < 1.29 is 0 Å². The molecular formula is C8H16N4. The van der Waals surface area contributed by atoms with Crippen LogP contribution in [0.15, 0.2) is 12.4 Å². The Kier molecular flexibility index (Phi) is 3.76. The molecular weight excluding hydrogens is 152 g/mol. The predicted octanol–water partition coefficient (Wildman–Crippen LogP) is -0.271. The molecule has 0 unspecified atom stereocenters. The van der Waals surface area contributed by atoms with E-state index in [1.54, 1.807) is 0 Å². The second-order valence-electron chi connectivity index (χ2n) is 2.80. The van der Waals surface area contributed by atoms with Crippen molar-refractivity contribution in [2.45, 2.75) is 6.54 Å². The molecule has 2 N–H and O–H groups in total. The Morgan fingerprint density at radius 1 is 1.50 bits per heavy atom. The molecule has 1 heterocycles. The van der Waals surface area contributed by atoms with E-state index in [0.29, 0.717) is 0 Å². The van der Waals surface area contributed by atoms with Crippen LogP contribution in [-0.2, 0) is 13.6 Å². The van der Waals surface area contributed by atoms with Crippen molar-refractivity contribution in [2.75, 3.05) is 20.1 Å². The van der Waals surface area contributed by atoms with Crippen molar-refractivity contribution in [2.24, 2.45) is 7.05 Å². The second kappa shape index (κ2) is 4.90. The Bertz CT molecular complexity index is 219. The first-order chi connectivity index (χ1) is 5.83. The number of aromatic nitrogens is 2. The molecule has 0 bridgehead atoms. The standard InChI is InChI=1S/C8H16N4/c1-9-3-4-10-5-8-6-11-12(2)7-8/h6-7,9-10H,3-5H2,1-2H3. The van der Waals surface area contributed by atoms with E-state index in [1.165, 1.54) is 5.56 Å². The maximum atomic E-state index is 4.08. The predicted molar refractivity (Wildman–Crippen MR) is 48.8 cm³/mol. The third-order valence-electron chi connectivity index (χ3n) is 1.64. The van der Waals surface area contributed by atoms with Crippen molar-refractivity contribution in [1.29, 1.82) is 0 Å². The van der Waals surface area contributed by atoms with Gasteiger partial charge in [-0.3, -0.25) is 4.68 Å². The third kappa shape index (κ3) is 3.02. The number of hydrogen-bond donors (Lipinski definition) is 2. The van der Waals surface area contributed by atoms with Crippen LogP contribution in [0.4, 0.5) is 0 Å². The van der Waals surface area contributed by atoms with Gasteiger partial charge in [0.1, 0.15) is 0 Å². The summed E-state index contributed by atoms with van der Waals surface area (Å²) in [5, 5.41) is 10.5. The molecule has 0 aromatic carbocycles. The fourth-order valence-corrected chi connectivity index (χ4v) is 1.01. The van der Waals surface area contributed by atoms with Gasteiger partial charge in [-0.25, -0.2) is 0 Å². The smallest absolute Gasteiger partial charge is 0.0534 e. The topological polar surface area (TPSA) is 41.9 Å². The van der Waals surface area contributed by atoms with Crippen molar-refractivity contribution in [1.82, 2.24) is 20.4 Å². The number of rotatable bonds is 5. The van der Waals surface area contributed by atoms with Crippen LogP contribution < -0.4 is 10.6 Å². The minimum absolute atomic E-state index is 0.898. The number of nitrogens with one attached hydrogen (secondary N) is 2. The van der Waals surface area contributed by atoms with E-state index >= 15 is 0 Å². The highest BCUT2D eigenvalue weighted by atomic mass is 15.2. The van der Waals surface area contributed by atoms with Gasteiger partial charge in [0.2, 0.25) is 0 Å². The molecule has 1 aromatic heterocycles. The molecule has 0 fully saturated rings. The van der Waals surface area contributed by atoms with Crippen LogP contribution in [0.25, 0.3) is 0 Å². The van der Waals surface area contributed by atoms with Gasteiger partial charge in [0.05, 0.1) is 6.20 Å². The summed E-state index contributed by atoms with van der Waals surface area (Å²) >= 11 is 0. The first kappa shape index (κ1) is 9.22. The molecule has 0 saturated heterocycles. The zero-order valence-corrected chi connectivity index (χ0v) is 7.67. The molecule has 1 aromatic rings. The maximum absolute atomic E-state index is 4.08. The quantitative estimate of drug-likeness (QED) is 0.595. The number of aryl methyl sites for hydroxylation is 1. The Morgan fingerprint density at radius 3 is 2.92 bits per heavy atom.